The fourth-order valence-corrected chi connectivity index (χ4v) is 5.37. The average molecular weight is 646 g/mol. The van der Waals surface area contributed by atoms with Crippen molar-refractivity contribution in [1.29, 1.82) is 0 Å². The predicted molar refractivity (Wildman–Crippen MR) is 148 cm³/mol. The number of aliphatic carboxylic acids is 1. The minimum absolute atomic E-state index is 0.0830. The number of nitrogens with zero attached hydrogens (tertiary/aromatic N) is 3. The molecule has 2 aliphatic rings. The highest BCUT2D eigenvalue weighted by Gasteiger charge is 2.54. The van der Waals surface area contributed by atoms with Gasteiger partial charge in [0, 0.05) is 32.1 Å². The Morgan fingerprint density at radius 3 is 2.40 bits per heavy atom. The summed E-state index contributed by atoms with van der Waals surface area (Å²) in [5.74, 6) is -6.90. The Hall–Kier alpha value is -5.72. The molecule has 2 atom stereocenters. The van der Waals surface area contributed by atoms with Crippen LogP contribution < -0.4 is 20.5 Å². The Balaban J connectivity index is 1.55. The molecule has 0 saturated carbocycles. The van der Waals surface area contributed by atoms with Gasteiger partial charge in [0.15, 0.2) is 17.2 Å². The molecule has 1 fully saturated rings. The lowest BCUT2D eigenvalue weighted by Crippen LogP contribution is -2.71. The van der Waals surface area contributed by atoms with E-state index in [2.05, 4.69) is 15.5 Å². The lowest BCUT2D eigenvalue weighted by molar-refractivity contribution is -0.150. The number of carboxylic acid groups (broad SMARTS) is 1. The molecule has 236 valence electrons. The summed E-state index contributed by atoms with van der Waals surface area (Å²) in [6, 6.07) is 1.78. The van der Waals surface area contributed by atoms with E-state index in [1.807, 2.05) is 0 Å². The predicted octanol–water partition coefficient (Wildman–Crippen LogP) is -0.0298. The zero-order valence-electron chi connectivity index (χ0n) is 23.6. The number of carbonyl (C=O) groups is 7. The van der Waals surface area contributed by atoms with Crippen LogP contribution >= 0.6 is 11.8 Å². The third-order valence-electron chi connectivity index (χ3n) is 5.87. The second-order valence-corrected chi connectivity index (χ2v) is 10.2. The number of hydrogen-bond donors (Lipinski definition) is 3. The number of anilines is 1. The van der Waals surface area contributed by atoms with Gasteiger partial charge in [0.25, 0.3) is 17.8 Å². The molecule has 0 bridgehead atoms. The van der Waals surface area contributed by atoms with Crippen molar-refractivity contribution in [3.8, 4) is 11.5 Å². The molecular formula is C26H23N5O13S. The molecule has 0 unspecified atom stereocenters. The fourth-order valence-electron chi connectivity index (χ4n) is 4.04. The molecule has 2 aromatic rings. The maximum absolute atomic E-state index is 13.3. The topological polar surface area (TPSA) is 256 Å². The molecule has 0 aliphatic carbocycles. The number of thioether (sulfide) groups is 1. The number of benzene rings is 1. The normalized spacial score (nSPS) is 17.4. The van der Waals surface area contributed by atoms with E-state index >= 15 is 0 Å². The SMILES string of the molecule is CC(=O)OCC1=C(C(=O)O)N2C(=O)[C@H](NC(=O)/C(=N\OC(=O)c3ccc(OC(C)=O)c(OC(C)=O)c3)c3coc(N)n3)[C@H]2SC1. The monoisotopic (exact) mass is 645 g/mol. The first-order valence-corrected chi connectivity index (χ1v) is 13.7. The third kappa shape index (κ3) is 7.26. The highest BCUT2D eigenvalue weighted by molar-refractivity contribution is 8.00. The van der Waals surface area contributed by atoms with E-state index in [0.717, 1.165) is 49.8 Å². The molecule has 0 spiro atoms. The number of fused-ring (bicyclic) bond motifs is 1. The Kier molecular flexibility index (Phi) is 9.51. The van der Waals surface area contributed by atoms with Crippen LogP contribution in [0.4, 0.5) is 6.01 Å². The quantitative estimate of drug-likeness (QED) is 0.0765. The number of nitrogen functional groups attached to an aromatic ring is 1. The van der Waals surface area contributed by atoms with Crippen LogP contribution in [0.5, 0.6) is 11.5 Å². The summed E-state index contributed by atoms with van der Waals surface area (Å²) in [6.07, 6.45) is 0.936. The van der Waals surface area contributed by atoms with E-state index in [0.29, 0.717) is 0 Å². The second kappa shape index (κ2) is 13.3. The van der Waals surface area contributed by atoms with Gasteiger partial charge in [-0.2, -0.15) is 4.98 Å². The van der Waals surface area contributed by atoms with Crippen molar-refractivity contribution in [2.24, 2.45) is 5.16 Å². The first kappa shape index (κ1) is 32.2. The van der Waals surface area contributed by atoms with Crippen molar-refractivity contribution < 1.29 is 62.1 Å². The van der Waals surface area contributed by atoms with Crippen molar-refractivity contribution in [3.63, 3.8) is 0 Å². The molecular weight excluding hydrogens is 622 g/mol. The number of aromatic nitrogens is 1. The lowest BCUT2D eigenvalue weighted by Gasteiger charge is -2.49. The summed E-state index contributed by atoms with van der Waals surface area (Å²) in [5, 5.41) is 14.9. The van der Waals surface area contributed by atoms with E-state index < -0.39 is 58.8 Å². The number of oxime groups is 1. The number of carboxylic acids is 1. The van der Waals surface area contributed by atoms with Gasteiger partial charge in [-0.3, -0.25) is 28.9 Å². The zero-order valence-corrected chi connectivity index (χ0v) is 24.4. The number of nitrogens with one attached hydrogen (secondary N) is 1. The zero-order chi connectivity index (χ0) is 33.0. The average Bonchev–Trinajstić information content (AvgIpc) is 3.39. The summed E-state index contributed by atoms with van der Waals surface area (Å²) in [7, 11) is 0. The van der Waals surface area contributed by atoms with Crippen LogP contribution in [0.15, 0.2) is 45.3 Å². The van der Waals surface area contributed by atoms with Crippen molar-refractivity contribution in [3.05, 3.63) is 47.0 Å². The molecule has 4 rings (SSSR count). The molecule has 0 radical (unpaired) electrons. The van der Waals surface area contributed by atoms with Crippen molar-refractivity contribution in [1.82, 2.24) is 15.2 Å². The van der Waals surface area contributed by atoms with E-state index in [-0.39, 0.29) is 52.4 Å². The second-order valence-electron chi connectivity index (χ2n) is 9.14. The molecule has 1 aromatic carbocycles. The number of esters is 3. The number of nitrogens with two attached hydrogens (primary N) is 1. The van der Waals surface area contributed by atoms with Crippen LogP contribution in [0.1, 0.15) is 36.8 Å². The summed E-state index contributed by atoms with van der Waals surface area (Å²) in [4.78, 5) is 94.7. The maximum Gasteiger partial charge on any atom is 0.365 e. The number of hydrogen-bond acceptors (Lipinski definition) is 16. The van der Waals surface area contributed by atoms with Gasteiger partial charge in [-0.1, -0.05) is 5.16 Å². The first-order chi connectivity index (χ1) is 21.3. The highest BCUT2D eigenvalue weighted by Crippen LogP contribution is 2.40. The van der Waals surface area contributed by atoms with Crippen LogP contribution in [0.3, 0.4) is 0 Å². The Morgan fingerprint density at radius 2 is 1.80 bits per heavy atom. The number of amides is 2. The Morgan fingerprint density at radius 1 is 1.11 bits per heavy atom. The van der Waals surface area contributed by atoms with Crippen LogP contribution in [-0.2, 0) is 38.3 Å². The number of ether oxygens (including phenoxy) is 3. The van der Waals surface area contributed by atoms with Gasteiger partial charge >= 0.3 is 29.8 Å². The van der Waals surface area contributed by atoms with E-state index in [1.165, 1.54) is 12.1 Å². The first-order valence-electron chi connectivity index (χ1n) is 12.6. The van der Waals surface area contributed by atoms with E-state index in [4.69, 9.17) is 29.2 Å². The molecule has 18 nitrogen and oxygen atoms in total. The van der Waals surface area contributed by atoms with E-state index in [9.17, 15) is 38.7 Å². The smallest absolute Gasteiger partial charge is 0.365 e. The Bertz CT molecular complexity index is 1680. The molecule has 1 aromatic heterocycles. The fraction of sp³-hybridized carbons (Fsp3) is 0.269. The third-order valence-corrected chi connectivity index (χ3v) is 7.21. The van der Waals surface area contributed by atoms with Gasteiger partial charge in [0.05, 0.1) is 5.56 Å². The molecule has 2 aliphatic heterocycles. The van der Waals surface area contributed by atoms with Gasteiger partial charge < -0.3 is 39.6 Å². The van der Waals surface area contributed by atoms with Crippen LogP contribution in [0, 0.1) is 0 Å². The molecule has 4 N–H and O–H groups in total. The van der Waals surface area contributed by atoms with E-state index in [1.54, 1.807) is 0 Å². The van der Waals surface area contributed by atoms with Gasteiger partial charge in [-0.15, -0.1) is 11.8 Å². The largest absolute Gasteiger partial charge is 0.477 e. The van der Waals surface area contributed by atoms with Crippen molar-refractivity contribution in [2.75, 3.05) is 18.1 Å². The number of rotatable bonds is 10. The van der Waals surface area contributed by atoms with Crippen LogP contribution in [0.2, 0.25) is 0 Å². The van der Waals surface area contributed by atoms with Crippen molar-refractivity contribution >= 4 is 65.1 Å². The summed E-state index contributed by atoms with van der Waals surface area (Å²) < 4.78 is 19.7. The van der Waals surface area contributed by atoms with Crippen LogP contribution in [0.25, 0.3) is 0 Å². The molecule has 1 saturated heterocycles. The van der Waals surface area contributed by atoms with Gasteiger partial charge in [0.2, 0.25) is 0 Å². The minimum Gasteiger partial charge on any atom is -0.477 e. The molecule has 19 heteroatoms. The number of β-lactam (4-membered cyclic amide) rings is 1. The molecule has 2 amide bonds. The molecule has 3 heterocycles. The Labute approximate surface area is 256 Å². The van der Waals surface area contributed by atoms with Crippen molar-refractivity contribution in [2.45, 2.75) is 32.2 Å². The highest BCUT2D eigenvalue weighted by atomic mass is 32.2. The summed E-state index contributed by atoms with van der Waals surface area (Å²) >= 11 is 1.12. The summed E-state index contributed by atoms with van der Waals surface area (Å²) in [6.45, 7) is 3.02. The molecule has 45 heavy (non-hydrogen) atoms. The number of oxazole rings is 1. The number of carbonyl (C=O) groups excluding carboxylic acids is 6. The lowest BCUT2D eigenvalue weighted by atomic mass is 10.0. The minimum atomic E-state index is -1.43. The van der Waals surface area contributed by atoms with Crippen LogP contribution in [-0.4, -0.2) is 86.1 Å². The summed E-state index contributed by atoms with van der Waals surface area (Å²) in [5.41, 5.74) is 4.19. The van der Waals surface area contributed by atoms with Gasteiger partial charge in [-0.25, -0.2) is 9.59 Å². The standard InChI is InChI=1S/C26H23N5O13S/c1-10(32)40-7-14-9-45-23-19(22(36)31(23)20(14)24(37)38)29-21(35)18(15-8-41-26(27)28-15)30-44-25(39)13-4-5-16(42-11(2)33)17(6-13)43-12(3)34/h4-6,8,19,23H,7,9H2,1-3H3,(H2,27,28)(H,29,35)(H,37,38)/b30-18-/t19-,23+/m0/s1. The van der Waals surface area contributed by atoms with Gasteiger partial charge in [0.1, 0.15) is 35.7 Å². The van der Waals surface area contributed by atoms with Gasteiger partial charge in [-0.05, 0) is 18.2 Å². The maximum atomic E-state index is 13.3.